The van der Waals surface area contributed by atoms with Crippen LogP contribution in [-0.2, 0) is 9.53 Å². The average Bonchev–Trinajstić information content (AvgIpc) is 2.38. The topological polar surface area (TPSA) is 26.3 Å². The van der Waals surface area contributed by atoms with E-state index in [2.05, 4.69) is 26.0 Å². The van der Waals surface area contributed by atoms with Gasteiger partial charge in [0.1, 0.15) is 0 Å². The van der Waals surface area contributed by atoms with Crippen LogP contribution in [-0.4, -0.2) is 12.6 Å². The van der Waals surface area contributed by atoms with Crippen LogP contribution in [0.3, 0.4) is 0 Å². The van der Waals surface area contributed by atoms with Crippen LogP contribution in [0.4, 0.5) is 0 Å². The van der Waals surface area contributed by atoms with Crippen LogP contribution in [0.2, 0.25) is 0 Å². The zero-order valence-electron chi connectivity index (χ0n) is 13.1. The highest BCUT2D eigenvalue weighted by atomic mass is 16.5. The van der Waals surface area contributed by atoms with E-state index in [1.807, 2.05) is 0 Å². The van der Waals surface area contributed by atoms with Crippen molar-refractivity contribution in [1.29, 1.82) is 0 Å². The molecule has 112 valence electrons. The first-order valence-corrected chi connectivity index (χ1v) is 7.96. The largest absolute Gasteiger partial charge is 0.466 e. The maximum absolute atomic E-state index is 10.5. The number of esters is 1. The van der Waals surface area contributed by atoms with E-state index in [0.29, 0.717) is 6.61 Å². The molecule has 0 fully saturated rings. The Hall–Kier alpha value is -0.790. The van der Waals surface area contributed by atoms with Crippen molar-refractivity contribution in [2.24, 2.45) is 5.92 Å². The smallest absolute Gasteiger partial charge is 0.302 e. The van der Waals surface area contributed by atoms with E-state index in [4.69, 9.17) is 4.74 Å². The molecule has 0 aromatic rings. The predicted octanol–water partition coefficient (Wildman–Crippen LogP) is 5.27. The summed E-state index contributed by atoms with van der Waals surface area (Å²) in [5, 5.41) is 0. The maximum Gasteiger partial charge on any atom is 0.302 e. The van der Waals surface area contributed by atoms with Gasteiger partial charge in [0.25, 0.3) is 0 Å². The van der Waals surface area contributed by atoms with Gasteiger partial charge in [-0.15, -0.1) is 0 Å². The second kappa shape index (κ2) is 13.6. The molecule has 0 aromatic carbocycles. The molecule has 2 nitrogen and oxygen atoms in total. The summed E-state index contributed by atoms with van der Waals surface area (Å²) in [4.78, 5) is 10.5. The number of allylic oxidation sites excluding steroid dienone is 2. The molecule has 1 unspecified atom stereocenters. The molecular formula is C17H32O2. The van der Waals surface area contributed by atoms with Crippen molar-refractivity contribution in [1.82, 2.24) is 0 Å². The minimum atomic E-state index is -0.165. The molecule has 0 N–H and O–H groups in total. The van der Waals surface area contributed by atoms with Gasteiger partial charge in [-0.1, -0.05) is 58.1 Å². The summed E-state index contributed by atoms with van der Waals surface area (Å²) in [6.07, 6.45) is 15.9. The van der Waals surface area contributed by atoms with Crippen LogP contribution in [0, 0.1) is 5.92 Å². The summed E-state index contributed by atoms with van der Waals surface area (Å²) in [7, 11) is 0. The van der Waals surface area contributed by atoms with Crippen LogP contribution in [0.25, 0.3) is 0 Å². The lowest BCUT2D eigenvalue weighted by atomic mass is 10.0. The summed E-state index contributed by atoms with van der Waals surface area (Å²) in [6.45, 7) is 6.61. The van der Waals surface area contributed by atoms with Crippen LogP contribution >= 0.6 is 0 Å². The van der Waals surface area contributed by atoms with Gasteiger partial charge in [0.2, 0.25) is 0 Å². The average molecular weight is 268 g/mol. The van der Waals surface area contributed by atoms with Crippen molar-refractivity contribution in [3.8, 4) is 0 Å². The molecule has 0 bridgehead atoms. The molecule has 0 aliphatic heterocycles. The molecule has 0 saturated carbocycles. The summed E-state index contributed by atoms with van der Waals surface area (Å²) in [5.41, 5.74) is 0. The molecule has 0 saturated heterocycles. The Balaban J connectivity index is 3.21. The van der Waals surface area contributed by atoms with E-state index in [9.17, 15) is 4.79 Å². The van der Waals surface area contributed by atoms with Crippen LogP contribution in [0.15, 0.2) is 12.2 Å². The van der Waals surface area contributed by atoms with Gasteiger partial charge in [0, 0.05) is 6.92 Å². The number of unbranched alkanes of at least 4 members (excludes halogenated alkanes) is 6. The highest BCUT2D eigenvalue weighted by Crippen LogP contribution is 2.11. The van der Waals surface area contributed by atoms with E-state index in [0.717, 1.165) is 12.3 Å². The molecular weight excluding hydrogens is 236 g/mol. The fraction of sp³-hybridized carbons (Fsp3) is 0.824. The Labute approximate surface area is 119 Å². The van der Waals surface area contributed by atoms with Crippen molar-refractivity contribution < 1.29 is 9.53 Å². The third-order valence-corrected chi connectivity index (χ3v) is 3.30. The first kappa shape index (κ1) is 18.2. The molecule has 0 aliphatic carbocycles. The molecule has 2 heteroatoms. The van der Waals surface area contributed by atoms with Gasteiger partial charge < -0.3 is 4.74 Å². The Morgan fingerprint density at radius 2 is 1.79 bits per heavy atom. The fourth-order valence-electron chi connectivity index (χ4n) is 2.06. The van der Waals surface area contributed by atoms with Gasteiger partial charge in [0.15, 0.2) is 0 Å². The van der Waals surface area contributed by atoms with Gasteiger partial charge in [0.05, 0.1) is 6.61 Å². The Kier molecular flexibility index (Phi) is 13.1. The molecule has 0 heterocycles. The van der Waals surface area contributed by atoms with Crippen molar-refractivity contribution in [3.05, 3.63) is 12.2 Å². The highest BCUT2D eigenvalue weighted by molar-refractivity contribution is 5.65. The molecule has 0 amide bonds. The number of rotatable bonds is 12. The SMILES string of the molecule is CCCCC(C)C=CCCCCCCCOC(C)=O. The van der Waals surface area contributed by atoms with Gasteiger partial charge >= 0.3 is 5.97 Å². The summed E-state index contributed by atoms with van der Waals surface area (Å²) in [5.74, 6) is 0.575. The molecule has 0 radical (unpaired) electrons. The quantitative estimate of drug-likeness (QED) is 0.274. The lowest BCUT2D eigenvalue weighted by Gasteiger charge is -2.04. The third kappa shape index (κ3) is 15.2. The van der Waals surface area contributed by atoms with Crippen molar-refractivity contribution in [2.75, 3.05) is 6.61 Å². The number of ether oxygens (including phenoxy) is 1. The first-order valence-electron chi connectivity index (χ1n) is 7.96. The van der Waals surface area contributed by atoms with Crippen LogP contribution in [0.1, 0.15) is 78.6 Å². The van der Waals surface area contributed by atoms with E-state index in [-0.39, 0.29) is 5.97 Å². The van der Waals surface area contributed by atoms with Crippen LogP contribution in [0.5, 0.6) is 0 Å². The van der Waals surface area contributed by atoms with E-state index < -0.39 is 0 Å². The fourth-order valence-corrected chi connectivity index (χ4v) is 2.06. The van der Waals surface area contributed by atoms with Gasteiger partial charge in [-0.3, -0.25) is 4.79 Å². The molecule has 0 aromatic heterocycles. The number of carbonyl (C=O) groups excluding carboxylic acids is 1. The molecule has 0 rings (SSSR count). The van der Waals surface area contributed by atoms with E-state index in [1.54, 1.807) is 0 Å². The van der Waals surface area contributed by atoms with E-state index >= 15 is 0 Å². The second-order valence-electron chi connectivity index (χ2n) is 5.44. The summed E-state index contributed by atoms with van der Waals surface area (Å²) < 4.78 is 4.90. The third-order valence-electron chi connectivity index (χ3n) is 3.30. The predicted molar refractivity (Wildman–Crippen MR) is 82.2 cm³/mol. The zero-order chi connectivity index (χ0) is 14.3. The normalized spacial score (nSPS) is 12.8. The number of hydrogen-bond acceptors (Lipinski definition) is 2. The molecule has 19 heavy (non-hydrogen) atoms. The Morgan fingerprint density at radius 3 is 2.47 bits per heavy atom. The monoisotopic (exact) mass is 268 g/mol. The zero-order valence-corrected chi connectivity index (χ0v) is 13.1. The standard InChI is InChI=1S/C17H32O2/c1-4-5-13-16(2)14-11-9-7-6-8-10-12-15-19-17(3)18/h11,14,16H,4-10,12-13,15H2,1-3H3. The van der Waals surface area contributed by atoms with Crippen molar-refractivity contribution in [2.45, 2.75) is 78.6 Å². The Morgan fingerprint density at radius 1 is 1.11 bits per heavy atom. The summed E-state index contributed by atoms with van der Waals surface area (Å²) >= 11 is 0. The lowest BCUT2D eigenvalue weighted by molar-refractivity contribution is -0.141. The van der Waals surface area contributed by atoms with Crippen molar-refractivity contribution in [3.63, 3.8) is 0 Å². The Bertz CT molecular complexity index is 233. The minimum Gasteiger partial charge on any atom is -0.466 e. The summed E-state index contributed by atoms with van der Waals surface area (Å²) in [6, 6.07) is 0. The van der Waals surface area contributed by atoms with Gasteiger partial charge in [-0.2, -0.15) is 0 Å². The lowest BCUT2D eigenvalue weighted by Crippen LogP contribution is -1.99. The first-order chi connectivity index (χ1) is 9.16. The van der Waals surface area contributed by atoms with Crippen LogP contribution < -0.4 is 0 Å². The highest BCUT2D eigenvalue weighted by Gasteiger charge is 1.95. The number of hydrogen-bond donors (Lipinski definition) is 0. The molecule has 0 aliphatic rings. The van der Waals surface area contributed by atoms with Crippen molar-refractivity contribution >= 4 is 5.97 Å². The number of carbonyl (C=O) groups is 1. The minimum absolute atomic E-state index is 0.165. The molecule has 1 atom stereocenters. The second-order valence-corrected chi connectivity index (χ2v) is 5.44. The van der Waals surface area contributed by atoms with E-state index in [1.165, 1.54) is 58.3 Å². The van der Waals surface area contributed by atoms with Gasteiger partial charge in [-0.25, -0.2) is 0 Å². The maximum atomic E-state index is 10.5. The molecule has 0 spiro atoms. The van der Waals surface area contributed by atoms with Gasteiger partial charge in [-0.05, 0) is 31.6 Å².